The number of hydrogen-bond donors (Lipinski definition) is 0. The van der Waals surface area contributed by atoms with Crippen molar-refractivity contribution in [3.05, 3.63) is 93.8 Å². The molecule has 0 fully saturated rings. The number of carbonyl (C=O) groups is 1. The predicted molar refractivity (Wildman–Crippen MR) is 112 cm³/mol. The number of hydrogen-bond acceptors (Lipinski definition) is 6. The highest BCUT2D eigenvalue weighted by atomic mass is 35.5. The van der Waals surface area contributed by atoms with E-state index in [4.69, 9.17) is 30.2 Å². The minimum absolute atomic E-state index is 0.00522. The molecule has 0 saturated heterocycles. The fraction of sp³-hybridized carbons (Fsp3) is 0.0435. The van der Waals surface area contributed by atoms with Crippen LogP contribution in [0.1, 0.15) is 10.4 Å². The monoisotopic (exact) mass is 422 g/mol. The standard InChI is InChI=1S/C23H15ClO6/c1-27-18-8-4-2-6-16(18)23(26)29-14-10-11-15-20(12-14)28-13-21(22(15)25)30-19-9-5-3-7-17(19)24/h2-13H,1H3. The molecule has 0 saturated carbocycles. The van der Waals surface area contributed by atoms with Gasteiger partial charge in [0.05, 0.1) is 17.5 Å². The number of ether oxygens (including phenoxy) is 3. The highest BCUT2D eigenvalue weighted by Gasteiger charge is 2.16. The molecule has 0 atom stereocenters. The summed E-state index contributed by atoms with van der Waals surface area (Å²) in [4.78, 5) is 25.2. The van der Waals surface area contributed by atoms with Gasteiger partial charge in [-0.15, -0.1) is 0 Å². The molecule has 0 spiro atoms. The number of rotatable bonds is 5. The Labute approximate surface area is 176 Å². The molecule has 3 aromatic carbocycles. The molecule has 4 aromatic rings. The smallest absolute Gasteiger partial charge is 0.347 e. The van der Waals surface area contributed by atoms with Crippen LogP contribution < -0.4 is 19.6 Å². The molecule has 0 bridgehead atoms. The number of esters is 1. The van der Waals surface area contributed by atoms with Crippen LogP contribution in [0.15, 0.2) is 82.2 Å². The van der Waals surface area contributed by atoms with Crippen molar-refractivity contribution in [2.45, 2.75) is 0 Å². The van der Waals surface area contributed by atoms with Gasteiger partial charge in [-0.2, -0.15) is 0 Å². The summed E-state index contributed by atoms with van der Waals surface area (Å²) in [6.07, 6.45) is 1.19. The molecular weight excluding hydrogens is 408 g/mol. The van der Waals surface area contributed by atoms with Gasteiger partial charge in [0.25, 0.3) is 0 Å². The zero-order valence-electron chi connectivity index (χ0n) is 15.8. The highest BCUT2D eigenvalue weighted by molar-refractivity contribution is 6.32. The Balaban J connectivity index is 1.62. The highest BCUT2D eigenvalue weighted by Crippen LogP contribution is 2.29. The number of fused-ring (bicyclic) bond motifs is 1. The van der Waals surface area contributed by atoms with Crippen LogP contribution in [-0.2, 0) is 0 Å². The normalized spacial score (nSPS) is 10.6. The van der Waals surface area contributed by atoms with E-state index < -0.39 is 5.97 Å². The van der Waals surface area contributed by atoms with E-state index in [1.54, 1.807) is 48.5 Å². The average molecular weight is 423 g/mol. The fourth-order valence-electron chi connectivity index (χ4n) is 2.85. The summed E-state index contributed by atoms with van der Waals surface area (Å²) in [5, 5.41) is 0.646. The van der Waals surface area contributed by atoms with Gasteiger partial charge in [-0.1, -0.05) is 35.9 Å². The maximum atomic E-state index is 12.7. The maximum absolute atomic E-state index is 12.7. The van der Waals surface area contributed by atoms with Crippen LogP contribution in [0.4, 0.5) is 0 Å². The maximum Gasteiger partial charge on any atom is 0.347 e. The predicted octanol–water partition coefficient (Wildman–Crippen LogP) is 5.47. The Bertz CT molecular complexity index is 1290. The SMILES string of the molecule is COc1ccccc1C(=O)Oc1ccc2c(=O)c(Oc3ccccc3Cl)coc2c1. The van der Waals surface area contributed by atoms with E-state index in [0.29, 0.717) is 16.5 Å². The molecule has 1 heterocycles. The lowest BCUT2D eigenvalue weighted by Gasteiger charge is -2.09. The van der Waals surface area contributed by atoms with Gasteiger partial charge in [-0.3, -0.25) is 4.79 Å². The summed E-state index contributed by atoms with van der Waals surface area (Å²) in [6, 6.07) is 18.0. The van der Waals surface area contributed by atoms with E-state index in [0.717, 1.165) is 0 Å². The zero-order valence-corrected chi connectivity index (χ0v) is 16.5. The summed E-state index contributed by atoms with van der Waals surface area (Å²) < 4.78 is 21.7. The summed E-state index contributed by atoms with van der Waals surface area (Å²) in [7, 11) is 1.47. The van der Waals surface area contributed by atoms with Crippen molar-refractivity contribution >= 4 is 28.5 Å². The van der Waals surface area contributed by atoms with Gasteiger partial charge in [0.1, 0.15) is 34.7 Å². The van der Waals surface area contributed by atoms with Crippen LogP contribution in [0.2, 0.25) is 5.02 Å². The van der Waals surface area contributed by atoms with Gasteiger partial charge in [-0.25, -0.2) is 4.79 Å². The largest absolute Gasteiger partial charge is 0.496 e. The summed E-state index contributed by atoms with van der Waals surface area (Å²) in [6.45, 7) is 0. The Morgan fingerprint density at radius 1 is 0.933 bits per heavy atom. The molecule has 0 amide bonds. The van der Waals surface area contributed by atoms with E-state index in [1.807, 2.05) is 0 Å². The minimum atomic E-state index is -0.590. The van der Waals surface area contributed by atoms with E-state index in [9.17, 15) is 9.59 Å². The molecule has 0 N–H and O–H groups in total. The Kier molecular flexibility index (Phi) is 5.41. The van der Waals surface area contributed by atoms with Gasteiger partial charge in [-0.05, 0) is 36.4 Å². The van der Waals surface area contributed by atoms with Crippen molar-refractivity contribution in [2.24, 2.45) is 0 Å². The molecule has 7 heteroatoms. The molecule has 6 nitrogen and oxygen atoms in total. The van der Waals surface area contributed by atoms with Gasteiger partial charge < -0.3 is 18.6 Å². The van der Waals surface area contributed by atoms with Crippen molar-refractivity contribution in [2.75, 3.05) is 7.11 Å². The summed E-state index contributed by atoms with van der Waals surface area (Å²) >= 11 is 6.07. The van der Waals surface area contributed by atoms with Gasteiger partial charge in [0, 0.05) is 6.07 Å². The summed E-state index contributed by atoms with van der Waals surface area (Å²) in [5.41, 5.74) is 0.153. The van der Waals surface area contributed by atoms with Gasteiger partial charge in [0.2, 0.25) is 11.2 Å². The average Bonchev–Trinajstić information content (AvgIpc) is 2.77. The second-order valence-corrected chi connectivity index (χ2v) is 6.62. The molecule has 4 rings (SSSR count). The second-order valence-electron chi connectivity index (χ2n) is 6.21. The van der Waals surface area contributed by atoms with Gasteiger partial charge >= 0.3 is 5.97 Å². The molecule has 1 aromatic heterocycles. The molecule has 30 heavy (non-hydrogen) atoms. The first kappa shape index (κ1) is 19.5. The molecule has 0 radical (unpaired) electrons. The molecule has 0 aliphatic carbocycles. The molecule has 150 valence electrons. The lowest BCUT2D eigenvalue weighted by Crippen LogP contribution is -2.10. The van der Waals surface area contributed by atoms with Crippen molar-refractivity contribution in [3.8, 4) is 23.0 Å². The molecule has 0 unspecified atom stereocenters. The lowest BCUT2D eigenvalue weighted by atomic mass is 10.2. The number of para-hydroxylation sites is 2. The van der Waals surface area contributed by atoms with Crippen molar-refractivity contribution in [3.63, 3.8) is 0 Å². The van der Waals surface area contributed by atoms with Gasteiger partial charge in [0.15, 0.2) is 0 Å². The molecular formula is C23H15ClO6. The summed E-state index contributed by atoms with van der Waals surface area (Å²) in [5.74, 6) is 0.368. The van der Waals surface area contributed by atoms with Crippen LogP contribution in [-0.4, -0.2) is 13.1 Å². The van der Waals surface area contributed by atoms with E-state index in [1.165, 1.54) is 31.6 Å². The van der Waals surface area contributed by atoms with Crippen LogP contribution in [0, 0.1) is 0 Å². The van der Waals surface area contributed by atoms with E-state index >= 15 is 0 Å². The Morgan fingerprint density at radius 2 is 1.67 bits per heavy atom. The third kappa shape index (κ3) is 3.86. The number of methoxy groups -OCH3 is 1. The first-order valence-electron chi connectivity index (χ1n) is 8.90. The lowest BCUT2D eigenvalue weighted by molar-refractivity contribution is 0.0731. The number of carbonyl (C=O) groups excluding carboxylic acids is 1. The van der Waals surface area contributed by atoms with E-state index in [-0.39, 0.29) is 33.5 Å². The van der Waals surface area contributed by atoms with E-state index in [2.05, 4.69) is 0 Å². The van der Waals surface area contributed by atoms with Crippen molar-refractivity contribution < 1.29 is 23.4 Å². The van der Waals surface area contributed by atoms with Crippen molar-refractivity contribution in [1.29, 1.82) is 0 Å². The van der Waals surface area contributed by atoms with Crippen LogP contribution in [0.3, 0.4) is 0 Å². The zero-order chi connectivity index (χ0) is 21.1. The van der Waals surface area contributed by atoms with Crippen LogP contribution in [0.25, 0.3) is 11.0 Å². The first-order chi connectivity index (χ1) is 14.6. The van der Waals surface area contributed by atoms with Crippen molar-refractivity contribution in [1.82, 2.24) is 0 Å². The quantitative estimate of drug-likeness (QED) is 0.314. The second kappa shape index (κ2) is 8.31. The number of benzene rings is 3. The third-order valence-corrected chi connectivity index (χ3v) is 4.62. The first-order valence-corrected chi connectivity index (χ1v) is 9.28. The minimum Gasteiger partial charge on any atom is -0.496 e. The number of halogens is 1. The fourth-order valence-corrected chi connectivity index (χ4v) is 3.02. The third-order valence-electron chi connectivity index (χ3n) is 4.31. The topological polar surface area (TPSA) is 75.0 Å². The Morgan fingerprint density at radius 3 is 2.43 bits per heavy atom. The van der Waals surface area contributed by atoms with Crippen LogP contribution >= 0.6 is 11.6 Å². The molecule has 0 aliphatic rings. The Hall–Kier alpha value is -3.77. The van der Waals surface area contributed by atoms with Crippen LogP contribution in [0.5, 0.6) is 23.0 Å². The molecule has 0 aliphatic heterocycles.